The maximum Gasteiger partial charge on any atom is 0.290 e. The van der Waals surface area contributed by atoms with Gasteiger partial charge < -0.3 is 10.1 Å². The fourth-order valence-electron chi connectivity index (χ4n) is 1.20. The molecule has 1 rings (SSSR count). The Morgan fingerprint density at radius 3 is 2.94 bits per heavy atom. The second-order valence-corrected chi connectivity index (χ2v) is 3.27. The van der Waals surface area contributed by atoms with Gasteiger partial charge in [0, 0.05) is 18.2 Å². The lowest BCUT2D eigenvalue weighted by atomic mass is 10.2. The van der Waals surface area contributed by atoms with Crippen LogP contribution in [-0.2, 0) is 0 Å². The van der Waals surface area contributed by atoms with Crippen molar-refractivity contribution in [2.45, 2.75) is 13.8 Å². The monoisotopic (exact) mass is 225 g/mol. The fourth-order valence-corrected chi connectivity index (χ4v) is 1.20. The summed E-state index contributed by atoms with van der Waals surface area (Å²) in [6.45, 7) is 5.79. The number of aryl methyl sites for hydroxylation is 1. The Kier molecular flexibility index (Phi) is 4.65. The molecule has 0 saturated carbocycles. The molecule has 0 atom stereocenters. The van der Waals surface area contributed by atoms with Gasteiger partial charge in [0.2, 0.25) is 5.88 Å². The van der Waals surface area contributed by atoms with Gasteiger partial charge in [-0.05, 0) is 13.5 Å². The zero-order chi connectivity index (χ0) is 12.0. The molecule has 0 saturated heterocycles. The van der Waals surface area contributed by atoms with Crippen LogP contribution in [0.2, 0.25) is 0 Å². The highest BCUT2D eigenvalue weighted by molar-refractivity contribution is 5.39. The molecule has 0 bridgehead atoms. The molecule has 0 radical (unpaired) electrons. The maximum absolute atomic E-state index is 10.5. The van der Waals surface area contributed by atoms with Crippen molar-refractivity contribution in [3.63, 3.8) is 0 Å². The predicted octanol–water partition coefficient (Wildman–Crippen LogP) is 1.29. The molecule has 1 N–H and O–H groups in total. The van der Waals surface area contributed by atoms with Crippen LogP contribution in [0.15, 0.2) is 12.3 Å². The average molecular weight is 225 g/mol. The van der Waals surface area contributed by atoms with Gasteiger partial charge >= 0.3 is 0 Å². The molecule has 1 aromatic heterocycles. The van der Waals surface area contributed by atoms with Crippen molar-refractivity contribution in [3.8, 4) is 5.88 Å². The summed E-state index contributed by atoms with van der Waals surface area (Å²) in [5, 5.41) is 13.6. The van der Waals surface area contributed by atoms with E-state index in [2.05, 4.69) is 10.3 Å². The molecule has 0 fully saturated rings. The number of nitrogens with one attached hydrogen (secondary N) is 1. The van der Waals surface area contributed by atoms with Crippen molar-refractivity contribution in [2.24, 2.45) is 0 Å². The van der Waals surface area contributed by atoms with Crippen LogP contribution in [0.1, 0.15) is 12.5 Å². The van der Waals surface area contributed by atoms with Crippen molar-refractivity contribution >= 4 is 5.69 Å². The zero-order valence-electron chi connectivity index (χ0n) is 9.40. The lowest BCUT2D eigenvalue weighted by molar-refractivity contribution is -0.385. The number of aromatic nitrogens is 1. The van der Waals surface area contributed by atoms with Gasteiger partial charge in [0.15, 0.2) is 0 Å². The zero-order valence-corrected chi connectivity index (χ0v) is 9.40. The quantitative estimate of drug-likeness (QED) is 0.448. The summed E-state index contributed by atoms with van der Waals surface area (Å²) in [5.74, 6) is 0.418. The van der Waals surface area contributed by atoms with Crippen LogP contribution in [0.4, 0.5) is 5.69 Å². The first-order chi connectivity index (χ1) is 7.65. The van der Waals surface area contributed by atoms with Crippen LogP contribution in [0.3, 0.4) is 0 Å². The Balaban J connectivity index is 2.56. The van der Waals surface area contributed by atoms with E-state index in [0.717, 1.165) is 13.1 Å². The van der Waals surface area contributed by atoms with E-state index in [4.69, 9.17) is 4.74 Å². The molecule has 0 unspecified atom stereocenters. The Morgan fingerprint density at radius 1 is 1.62 bits per heavy atom. The predicted molar refractivity (Wildman–Crippen MR) is 59.7 cm³/mol. The Labute approximate surface area is 93.8 Å². The van der Waals surface area contributed by atoms with E-state index in [0.29, 0.717) is 18.1 Å². The second-order valence-electron chi connectivity index (χ2n) is 3.27. The van der Waals surface area contributed by atoms with Crippen LogP contribution in [0.25, 0.3) is 0 Å². The molecule has 0 aromatic carbocycles. The Hall–Kier alpha value is -1.69. The summed E-state index contributed by atoms with van der Waals surface area (Å²) < 4.78 is 5.33. The molecule has 6 heteroatoms. The largest absolute Gasteiger partial charge is 0.476 e. The number of nitrogens with zero attached hydrogens (tertiary/aromatic N) is 2. The van der Waals surface area contributed by atoms with Gasteiger partial charge in [-0.2, -0.15) is 0 Å². The summed E-state index contributed by atoms with van der Waals surface area (Å²) >= 11 is 0. The van der Waals surface area contributed by atoms with E-state index >= 15 is 0 Å². The third-order valence-electron chi connectivity index (χ3n) is 2.03. The molecule has 1 heterocycles. The minimum Gasteiger partial charge on any atom is -0.476 e. The highest BCUT2D eigenvalue weighted by atomic mass is 16.6. The highest BCUT2D eigenvalue weighted by Crippen LogP contribution is 2.19. The molecule has 16 heavy (non-hydrogen) atoms. The van der Waals surface area contributed by atoms with E-state index < -0.39 is 4.92 Å². The highest BCUT2D eigenvalue weighted by Gasteiger charge is 2.11. The van der Waals surface area contributed by atoms with Gasteiger partial charge in [-0.25, -0.2) is 4.98 Å². The van der Waals surface area contributed by atoms with Crippen LogP contribution in [0, 0.1) is 17.0 Å². The van der Waals surface area contributed by atoms with Crippen molar-refractivity contribution < 1.29 is 9.66 Å². The normalized spacial score (nSPS) is 10.1. The van der Waals surface area contributed by atoms with Gasteiger partial charge in [-0.15, -0.1) is 0 Å². The molecule has 0 spiro atoms. The van der Waals surface area contributed by atoms with E-state index in [9.17, 15) is 10.1 Å². The number of nitro groups is 1. The topological polar surface area (TPSA) is 77.3 Å². The molecular formula is C10H15N3O3. The maximum atomic E-state index is 10.5. The van der Waals surface area contributed by atoms with Gasteiger partial charge in [0.1, 0.15) is 12.8 Å². The van der Waals surface area contributed by atoms with E-state index in [-0.39, 0.29) is 5.69 Å². The number of likely N-dealkylation sites (N-methyl/N-ethyl adjacent to an activating group) is 1. The van der Waals surface area contributed by atoms with Crippen LogP contribution in [0.5, 0.6) is 5.88 Å². The van der Waals surface area contributed by atoms with E-state index in [1.165, 1.54) is 6.20 Å². The van der Waals surface area contributed by atoms with Crippen molar-refractivity contribution in [1.29, 1.82) is 0 Å². The minimum atomic E-state index is -0.454. The molecule has 6 nitrogen and oxygen atoms in total. The van der Waals surface area contributed by atoms with Gasteiger partial charge in [-0.3, -0.25) is 10.1 Å². The fraction of sp³-hybridized carbons (Fsp3) is 0.500. The summed E-state index contributed by atoms with van der Waals surface area (Å²) in [4.78, 5) is 14.0. The van der Waals surface area contributed by atoms with Crippen LogP contribution < -0.4 is 10.1 Å². The first kappa shape index (κ1) is 12.4. The summed E-state index contributed by atoms with van der Waals surface area (Å²) in [7, 11) is 0. The number of rotatable bonds is 6. The number of pyridine rings is 1. The van der Waals surface area contributed by atoms with Crippen LogP contribution >= 0.6 is 0 Å². The van der Waals surface area contributed by atoms with E-state index in [1.54, 1.807) is 13.0 Å². The smallest absolute Gasteiger partial charge is 0.290 e. The number of ether oxygens (including phenoxy) is 1. The molecule has 88 valence electrons. The lowest BCUT2D eigenvalue weighted by Crippen LogP contribution is -2.20. The van der Waals surface area contributed by atoms with Crippen molar-refractivity contribution in [2.75, 3.05) is 19.7 Å². The molecule has 0 aliphatic carbocycles. The molecule has 0 amide bonds. The molecule has 0 aliphatic heterocycles. The van der Waals surface area contributed by atoms with Crippen molar-refractivity contribution in [1.82, 2.24) is 10.3 Å². The van der Waals surface area contributed by atoms with Gasteiger partial charge in [0.25, 0.3) is 5.69 Å². The molecule has 1 aromatic rings. The van der Waals surface area contributed by atoms with Crippen LogP contribution in [-0.4, -0.2) is 29.6 Å². The first-order valence-electron chi connectivity index (χ1n) is 5.09. The molecular weight excluding hydrogens is 210 g/mol. The van der Waals surface area contributed by atoms with Gasteiger partial charge in [0.05, 0.1) is 4.92 Å². The van der Waals surface area contributed by atoms with Crippen molar-refractivity contribution in [3.05, 3.63) is 27.9 Å². The Morgan fingerprint density at radius 2 is 2.38 bits per heavy atom. The summed E-state index contributed by atoms with van der Waals surface area (Å²) in [6, 6.07) is 1.57. The molecule has 0 aliphatic rings. The third-order valence-corrected chi connectivity index (χ3v) is 2.03. The third kappa shape index (κ3) is 3.47. The lowest BCUT2D eigenvalue weighted by Gasteiger charge is -2.06. The minimum absolute atomic E-state index is 0.0130. The first-order valence-corrected chi connectivity index (χ1v) is 5.09. The number of hydrogen-bond donors (Lipinski definition) is 1. The second kappa shape index (κ2) is 6.02. The van der Waals surface area contributed by atoms with E-state index in [1.807, 2.05) is 6.92 Å². The number of hydrogen-bond acceptors (Lipinski definition) is 5. The Bertz CT molecular complexity index is 368. The summed E-state index contributed by atoms with van der Waals surface area (Å²) in [6.07, 6.45) is 1.22. The average Bonchev–Trinajstić information content (AvgIpc) is 2.24. The summed E-state index contributed by atoms with van der Waals surface area (Å²) in [5.41, 5.74) is 0.567. The SMILES string of the molecule is CCNCCOc1cc(C)c([N+](=O)[O-])cn1. The standard InChI is InChI=1S/C10H15N3O3/c1-3-11-4-5-16-10-6-8(2)9(7-12-10)13(14)15/h6-7,11H,3-5H2,1-2H3. The van der Waals surface area contributed by atoms with Gasteiger partial charge in [-0.1, -0.05) is 6.92 Å².